The molecular formula is C23H24O3S. The lowest BCUT2D eigenvalue weighted by Crippen LogP contribution is -2.08. The molecule has 4 heteroatoms. The monoisotopic (exact) mass is 380 g/mol. The fraction of sp³-hybridized carbons (Fsp3) is 0.261. The van der Waals surface area contributed by atoms with E-state index in [4.69, 9.17) is 9.47 Å². The Kier molecular flexibility index (Phi) is 5.97. The summed E-state index contributed by atoms with van der Waals surface area (Å²) >= 11 is 1.67. The van der Waals surface area contributed by atoms with E-state index in [9.17, 15) is 4.79 Å². The quantitative estimate of drug-likeness (QED) is 0.465. The molecule has 0 aliphatic heterocycles. The van der Waals surface area contributed by atoms with Crippen LogP contribution in [0.15, 0.2) is 54.6 Å². The van der Waals surface area contributed by atoms with Crippen LogP contribution in [0.4, 0.5) is 0 Å². The Morgan fingerprint density at radius 2 is 1.67 bits per heavy atom. The molecule has 0 spiro atoms. The largest absolute Gasteiger partial charge is 0.497 e. The molecule has 2 aromatic carbocycles. The molecule has 1 aromatic heterocycles. The molecule has 0 aliphatic carbocycles. The highest BCUT2D eigenvalue weighted by Gasteiger charge is 2.27. The van der Waals surface area contributed by atoms with Crippen LogP contribution in [0.3, 0.4) is 0 Å². The molecule has 0 fully saturated rings. The molecule has 140 valence electrons. The third-order valence-electron chi connectivity index (χ3n) is 4.35. The zero-order valence-electron chi connectivity index (χ0n) is 16.1. The molecule has 1 heterocycles. The summed E-state index contributed by atoms with van der Waals surface area (Å²) in [4.78, 5) is 15.0. The van der Waals surface area contributed by atoms with Crippen molar-refractivity contribution in [2.24, 2.45) is 0 Å². The second-order valence-electron chi connectivity index (χ2n) is 6.52. The number of carbonyl (C=O) groups is 1. The average Bonchev–Trinajstić information content (AvgIpc) is 3.10. The van der Waals surface area contributed by atoms with E-state index in [1.807, 2.05) is 49.4 Å². The number of esters is 1. The van der Waals surface area contributed by atoms with E-state index in [0.717, 1.165) is 32.2 Å². The first kappa shape index (κ1) is 19.2. The van der Waals surface area contributed by atoms with Crippen LogP contribution in [-0.2, 0) is 4.74 Å². The van der Waals surface area contributed by atoms with E-state index in [1.54, 1.807) is 18.4 Å². The molecule has 0 unspecified atom stereocenters. The molecule has 0 saturated carbocycles. The van der Waals surface area contributed by atoms with Crippen molar-refractivity contribution in [3.05, 3.63) is 65.0 Å². The summed E-state index contributed by atoms with van der Waals surface area (Å²) in [7, 11) is 1.65. The Hall–Kier alpha value is -2.59. The fourth-order valence-corrected chi connectivity index (χ4v) is 4.41. The first-order valence-corrected chi connectivity index (χ1v) is 9.92. The maximum atomic E-state index is 12.9. The van der Waals surface area contributed by atoms with Gasteiger partial charge in [-0.25, -0.2) is 4.79 Å². The lowest BCUT2D eigenvalue weighted by molar-refractivity contribution is 0.0526. The number of methoxy groups -OCH3 is 1. The highest BCUT2D eigenvalue weighted by Crippen LogP contribution is 2.46. The predicted octanol–water partition coefficient (Wildman–Crippen LogP) is 6.39. The van der Waals surface area contributed by atoms with Gasteiger partial charge >= 0.3 is 5.97 Å². The van der Waals surface area contributed by atoms with Crippen LogP contribution in [0.2, 0.25) is 0 Å². The smallest absolute Gasteiger partial charge is 0.339 e. The van der Waals surface area contributed by atoms with Crippen molar-refractivity contribution < 1.29 is 14.3 Å². The summed E-state index contributed by atoms with van der Waals surface area (Å²) < 4.78 is 10.7. The summed E-state index contributed by atoms with van der Waals surface area (Å²) in [6.07, 6.45) is 0. The first-order chi connectivity index (χ1) is 13.1. The van der Waals surface area contributed by atoms with Crippen LogP contribution in [0, 0.1) is 0 Å². The normalized spacial score (nSPS) is 10.9. The molecule has 27 heavy (non-hydrogen) atoms. The third kappa shape index (κ3) is 3.91. The minimum atomic E-state index is -0.259. The summed E-state index contributed by atoms with van der Waals surface area (Å²) in [5.41, 5.74) is 3.71. The van der Waals surface area contributed by atoms with E-state index in [2.05, 4.69) is 26.0 Å². The Labute approximate surface area is 164 Å². The van der Waals surface area contributed by atoms with Gasteiger partial charge in [0, 0.05) is 15.3 Å². The van der Waals surface area contributed by atoms with Crippen LogP contribution in [0.1, 0.15) is 41.9 Å². The van der Waals surface area contributed by atoms with Gasteiger partial charge in [-0.2, -0.15) is 0 Å². The van der Waals surface area contributed by atoms with E-state index in [0.29, 0.717) is 12.2 Å². The molecule has 0 bridgehead atoms. The SMILES string of the molecule is CCOC(=O)c1c(C(C)C)sc(-c2ccccc2)c1-c1ccc(OC)cc1. The number of carbonyl (C=O) groups excluding carboxylic acids is 1. The average molecular weight is 381 g/mol. The third-order valence-corrected chi connectivity index (χ3v) is 5.89. The molecule has 3 aromatic rings. The summed E-state index contributed by atoms with van der Waals surface area (Å²) in [5.74, 6) is 0.756. The standard InChI is InChI=1S/C23H24O3S/c1-5-26-23(24)20-19(16-11-13-18(25-4)14-12-16)22(27-21(20)15(2)3)17-9-7-6-8-10-17/h6-15H,5H2,1-4H3. The Morgan fingerprint density at radius 1 is 1.00 bits per heavy atom. The van der Waals surface area contributed by atoms with E-state index in [1.165, 1.54) is 0 Å². The molecule has 0 N–H and O–H groups in total. The maximum Gasteiger partial charge on any atom is 0.339 e. The molecule has 0 atom stereocenters. The molecule has 0 saturated heterocycles. The van der Waals surface area contributed by atoms with Crippen molar-refractivity contribution in [3.8, 4) is 27.3 Å². The first-order valence-electron chi connectivity index (χ1n) is 9.10. The summed E-state index contributed by atoms with van der Waals surface area (Å²) in [6, 6.07) is 18.0. The Bertz CT molecular complexity index is 909. The summed E-state index contributed by atoms with van der Waals surface area (Å²) in [5, 5.41) is 0. The molecule has 3 rings (SSSR count). The predicted molar refractivity (Wildman–Crippen MR) is 112 cm³/mol. The highest BCUT2D eigenvalue weighted by molar-refractivity contribution is 7.16. The maximum absolute atomic E-state index is 12.9. The molecular weight excluding hydrogens is 356 g/mol. The van der Waals surface area contributed by atoms with Gasteiger partial charge in [-0.05, 0) is 36.1 Å². The lowest BCUT2D eigenvalue weighted by atomic mass is 9.95. The van der Waals surface area contributed by atoms with Crippen LogP contribution in [0.5, 0.6) is 5.75 Å². The van der Waals surface area contributed by atoms with Crippen LogP contribution >= 0.6 is 11.3 Å². The lowest BCUT2D eigenvalue weighted by Gasteiger charge is -2.11. The molecule has 0 amide bonds. The van der Waals surface area contributed by atoms with Gasteiger partial charge in [0.25, 0.3) is 0 Å². The zero-order chi connectivity index (χ0) is 19.4. The Balaban J connectivity index is 2.29. The topological polar surface area (TPSA) is 35.5 Å². The van der Waals surface area contributed by atoms with Gasteiger partial charge in [-0.1, -0.05) is 56.3 Å². The van der Waals surface area contributed by atoms with Gasteiger partial charge in [-0.15, -0.1) is 11.3 Å². The van der Waals surface area contributed by atoms with E-state index < -0.39 is 0 Å². The second-order valence-corrected chi connectivity index (χ2v) is 7.57. The van der Waals surface area contributed by atoms with Crippen molar-refractivity contribution in [2.45, 2.75) is 26.7 Å². The fourth-order valence-electron chi connectivity index (χ4n) is 3.09. The van der Waals surface area contributed by atoms with Crippen LogP contribution in [0.25, 0.3) is 21.6 Å². The van der Waals surface area contributed by atoms with Crippen LogP contribution in [-0.4, -0.2) is 19.7 Å². The number of hydrogen-bond donors (Lipinski definition) is 0. The number of thiophene rings is 1. The van der Waals surface area contributed by atoms with Crippen molar-refractivity contribution in [3.63, 3.8) is 0 Å². The van der Waals surface area contributed by atoms with Gasteiger partial charge < -0.3 is 9.47 Å². The van der Waals surface area contributed by atoms with Crippen molar-refractivity contribution in [2.75, 3.05) is 13.7 Å². The number of ether oxygens (including phenoxy) is 2. The van der Waals surface area contributed by atoms with Gasteiger partial charge in [0.15, 0.2) is 0 Å². The van der Waals surface area contributed by atoms with Gasteiger partial charge in [0.1, 0.15) is 5.75 Å². The van der Waals surface area contributed by atoms with E-state index >= 15 is 0 Å². The number of rotatable bonds is 6. The number of hydrogen-bond acceptors (Lipinski definition) is 4. The molecule has 0 radical (unpaired) electrons. The minimum absolute atomic E-state index is 0.226. The van der Waals surface area contributed by atoms with E-state index in [-0.39, 0.29) is 11.9 Å². The van der Waals surface area contributed by atoms with Gasteiger partial charge in [-0.3, -0.25) is 0 Å². The van der Waals surface area contributed by atoms with Crippen molar-refractivity contribution in [1.29, 1.82) is 0 Å². The minimum Gasteiger partial charge on any atom is -0.497 e. The molecule has 0 aliphatic rings. The van der Waals surface area contributed by atoms with Crippen molar-refractivity contribution >= 4 is 17.3 Å². The number of benzene rings is 2. The zero-order valence-corrected chi connectivity index (χ0v) is 16.9. The Morgan fingerprint density at radius 3 is 2.22 bits per heavy atom. The van der Waals surface area contributed by atoms with Gasteiger partial charge in [0.05, 0.1) is 19.3 Å². The summed E-state index contributed by atoms with van der Waals surface area (Å²) in [6.45, 7) is 6.42. The highest BCUT2D eigenvalue weighted by atomic mass is 32.1. The second kappa shape index (κ2) is 8.40. The van der Waals surface area contributed by atoms with Gasteiger partial charge in [0.2, 0.25) is 0 Å². The van der Waals surface area contributed by atoms with Crippen LogP contribution < -0.4 is 4.74 Å². The molecule has 3 nitrogen and oxygen atoms in total. The van der Waals surface area contributed by atoms with Crippen molar-refractivity contribution in [1.82, 2.24) is 0 Å².